The SMILES string of the molecule is O=C1CCC2(CNc3ccccc32)C(O)N1. The molecule has 1 aromatic carbocycles. The molecule has 16 heavy (non-hydrogen) atoms. The molecule has 0 radical (unpaired) electrons. The molecule has 84 valence electrons. The van der Waals surface area contributed by atoms with E-state index in [0.29, 0.717) is 19.4 Å². The van der Waals surface area contributed by atoms with Crippen molar-refractivity contribution in [3.05, 3.63) is 29.8 Å². The summed E-state index contributed by atoms with van der Waals surface area (Å²) in [6, 6.07) is 7.97. The Kier molecular flexibility index (Phi) is 1.94. The van der Waals surface area contributed by atoms with E-state index >= 15 is 0 Å². The second-order valence-electron chi connectivity index (χ2n) is 4.53. The highest BCUT2D eigenvalue weighted by Crippen LogP contribution is 2.43. The molecule has 1 spiro atoms. The quantitative estimate of drug-likeness (QED) is 0.597. The van der Waals surface area contributed by atoms with Crippen molar-refractivity contribution in [1.29, 1.82) is 0 Å². The Balaban J connectivity index is 2.04. The number of anilines is 1. The molecule has 3 rings (SSSR count). The lowest BCUT2D eigenvalue weighted by Crippen LogP contribution is -2.56. The van der Waals surface area contributed by atoms with Crippen molar-refractivity contribution in [1.82, 2.24) is 5.32 Å². The van der Waals surface area contributed by atoms with E-state index in [2.05, 4.69) is 10.6 Å². The summed E-state index contributed by atoms with van der Waals surface area (Å²) in [5, 5.41) is 16.0. The molecule has 2 aliphatic heterocycles. The van der Waals surface area contributed by atoms with Gasteiger partial charge < -0.3 is 15.7 Å². The summed E-state index contributed by atoms with van der Waals surface area (Å²) < 4.78 is 0. The molecule has 2 atom stereocenters. The lowest BCUT2D eigenvalue weighted by atomic mass is 9.74. The molecular formula is C12H14N2O2. The average Bonchev–Trinajstić information content (AvgIpc) is 2.65. The van der Waals surface area contributed by atoms with Gasteiger partial charge in [-0.3, -0.25) is 4.79 Å². The van der Waals surface area contributed by atoms with Crippen molar-refractivity contribution in [3.63, 3.8) is 0 Å². The molecule has 2 heterocycles. The van der Waals surface area contributed by atoms with Gasteiger partial charge in [0, 0.05) is 18.7 Å². The molecule has 1 saturated heterocycles. The number of hydrogen-bond acceptors (Lipinski definition) is 3. The molecule has 0 aromatic heterocycles. The molecule has 4 heteroatoms. The lowest BCUT2D eigenvalue weighted by Gasteiger charge is -2.38. The first-order valence-corrected chi connectivity index (χ1v) is 5.53. The van der Waals surface area contributed by atoms with E-state index in [4.69, 9.17) is 0 Å². The highest BCUT2D eigenvalue weighted by Gasteiger charge is 2.47. The minimum Gasteiger partial charge on any atom is -0.384 e. The minimum absolute atomic E-state index is 0.0671. The first-order valence-electron chi connectivity index (χ1n) is 5.53. The lowest BCUT2D eigenvalue weighted by molar-refractivity contribution is -0.129. The standard InChI is InChI=1S/C12H14N2O2/c15-10-5-6-12(11(16)14-10)7-13-9-4-2-1-3-8(9)12/h1-4,11,13,16H,5-7H2,(H,14,15). The molecular weight excluding hydrogens is 204 g/mol. The smallest absolute Gasteiger partial charge is 0.222 e. The van der Waals surface area contributed by atoms with Crippen LogP contribution in [0.4, 0.5) is 5.69 Å². The number of carbonyl (C=O) groups is 1. The van der Waals surface area contributed by atoms with Crippen molar-refractivity contribution in [3.8, 4) is 0 Å². The van der Waals surface area contributed by atoms with Crippen LogP contribution in [0.25, 0.3) is 0 Å². The van der Waals surface area contributed by atoms with Crippen molar-refractivity contribution >= 4 is 11.6 Å². The fourth-order valence-electron chi connectivity index (χ4n) is 2.72. The van der Waals surface area contributed by atoms with Gasteiger partial charge in [0.25, 0.3) is 0 Å². The Morgan fingerprint density at radius 3 is 3.00 bits per heavy atom. The number of carbonyl (C=O) groups excluding carboxylic acids is 1. The number of amides is 1. The van der Waals surface area contributed by atoms with Gasteiger partial charge in [0.1, 0.15) is 6.23 Å². The maximum absolute atomic E-state index is 11.2. The Morgan fingerprint density at radius 2 is 2.19 bits per heavy atom. The van der Waals surface area contributed by atoms with Gasteiger partial charge in [-0.05, 0) is 18.1 Å². The molecule has 2 unspecified atom stereocenters. The second kappa shape index (κ2) is 3.22. The van der Waals surface area contributed by atoms with Crippen molar-refractivity contribution in [2.75, 3.05) is 11.9 Å². The third kappa shape index (κ3) is 1.16. The molecule has 1 fully saturated rings. The van der Waals surface area contributed by atoms with E-state index in [0.717, 1.165) is 11.3 Å². The number of aliphatic hydroxyl groups excluding tert-OH is 1. The van der Waals surface area contributed by atoms with Crippen LogP contribution in [0.1, 0.15) is 18.4 Å². The number of nitrogens with one attached hydrogen (secondary N) is 2. The van der Waals surface area contributed by atoms with Crippen molar-refractivity contribution in [2.24, 2.45) is 0 Å². The molecule has 1 aromatic rings. The van der Waals surface area contributed by atoms with Crippen LogP contribution < -0.4 is 10.6 Å². The summed E-state index contributed by atoms with van der Waals surface area (Å²) >= 11 is 0. The number of hydrogen-bond donors (Lipinski definition) is 3. The molecule has 1 amide bonds. The maximum Gasteiger partial charge on any atom is 0.222 e. The highest BCUT2D eigenvalue weighted by atomic mass is 16.3. The number of aliphatic hydroxyl groups is 1. The van der Waals surface area contributed by atoms with Crippen molar-refractivity contribution in [2.45, 2.75) is 24.5 Å². The summed E-state index contributed by atoms with van der Waals surface area (Å²) in [5.41, 5.74) is 1.84. The topological polar surface area (TPSA) is 61.4 Å². The zero-order chi connectivity index (χ0) is 11.2. The Morgan fingerprint density at radius 1 is 1.38 bits per heavy atom. The summed E-state index contributed by atoms with van der Waals surface area (Å²) in [6.07, 6.45) is 0.391. The number of fused-ring (bicyclic) bond motifs is 2. The number of piperidine rings is 1. The average molecular weight is 218 g/mol. The van der Waals surface area contributed by atoms with E-state index in [1.807, 2.05) is 24.3 Å². The molecule has 0 bridgehead atoms. The highest BCUT2D eigenvalue weighted by molar-refractivity contribution is 5.78. The predicted octanol–water partition coefficient (Wildman–Crippen LogP) is 0.578. The summed E-state index contributed by atoms with van der Waals surface area (Å²) in [6.45, 7) is 0.688. The Bertz CT molecular complexity index is 446. The van der Waals surface area contributed by atoms with E-state index in [-0.39, 0.29) is 11.3 Å². The van der Waals surface area contributed by atoms with Crippen LogP contribution in [0.15, 0.2) is 24.3 Å². The predicted molar refractivity (Wildman–Crippen MR) is 60.0 cm³/mol. The van der Waals surface area contributed by atoms with Crippen LogP contribution in [0.3, 0.4) is 0 Å². The third-order valence-electron chi connectivity index (χ3n) is 3.68. The number of para-hydroxylation sites is 1. The number of benzene rings is 1. The zero-order valence-corrected chi connectivity index (χ0v) is 8.86. The first kappa shape index (κ1) is 9.66. The van der Waals surface area contributed by atoms with Crippen LogP contribution in [0, 0.1) is 0 Å². The van der Waals surface area contributed by atoms with E-state index in [1.54, 1.807) is 0 Å². The first-order chi connectivity index (χ1) is 7.72. The van der Waals surface area contributed by atoms with Crippen LogP contribution in [-0.4, -0.2) is 23.8 Å². The molecule has 2 aliphatic rings. The van der Waals surface area contributed by atoms with Crippen LogP contribution in [0.5, 0.6) is 0 Å². The molecule has 4 nitrogen and oxygen atoms in total. The number of rotatable bonds is 0. The van der Waals surface area contributed by atoms with Gasteiger partial charge in [0.15, 0.2) is 0 Å². The van der Waals surface area contributed by atoms with Gasteiger partial charge in [-0.2, -0.15) is 0 Å². The minimum atomic E-state index is -0.787. The molecule has 3 N–H and O–H groups in total. The fraction of sp³-hybridized carbons (Fsp3) is 0.417. The van der Waals surface area contributed by atoms with E-state index in [9.17, 15) is 9.90 Å². The Labute approximate surface area is 93.7 Å². The van der Waals surface area contributed by atoms with Gasteiger partial charge >= 0.3 is 0 Å². The maximum atomic E-state index is 11.2. The summed E-state index contributed by atoms with van der Waals surface area (Å²) in [4.78, 5) is 11.2. The Hall–Kier alpha value is -1.55. The van der Waals surface area contributed by atoms with Gasteiger partial charge in [0.2, 0.25) is 5.91 Å². The fourth-order valence-corrected chi connectivity index (χ4v) is 2.72. The molecule has 0 saturated carbocycles. The van der Waals surface area contributed by atoms with Crippen LogP contribution in [0.2, 0.25) is 0 Å². The van der Waals surface area contributed by atoms with Crippen LogP contribution >= 0.6 is 0 Å². The third-order valence-corrected chi connectivity index (χ3v) is 3.68. The monoisotopic (exact) mass is 218 g/mol. The summed E-state index contributed by atoms with van der Waals surface area (Å²) in [5.74, 6) is -0.0671. The van der Waals surface area contributed by atoms with Gasteiger partial charge in [0.05, 0.1) is 5.41 Å². The van der Waals surface area contributed by atoms with Crippen molar-refractivity contribution < 1.29 is 9.90 Å². The normalized spacial score (nSPS) is 32.1. The molecule has 0 aliphatic carbocycles. The van der Waals surface area contributed by atoms with Gasteiger partial charge in [-0.25, -0.2) is 0 Å². The van der Waals surface area contributed by atoms with Crippen LogP contribution in [-0.2, 0) is 10.2 Å². The second-order valence-corrected chi connectivity index (χ2v) is 4.53. The van der Waals surface area contributed by atoms with E-state index < -0.39 is 6.23 Å². The largest absolute Gasteiger partial charge is 0.384 e. The van der Waals surface area contributed by atoms with Gasteiger partial charge in [-0.1, -0.05) is 18.2 Å². The zero-order valence-electron chi connectivity index (χ0n) is 8.86. The van der Waals surface area contributed by atoms with E-state index in [1.165, 1.54) is 0 Å². The summed E-state index contributed by atoms with van der Waals surface area (Å²) in [7, 11) is 0. The van der Waals surface area contributed by atoms with Gasteiger partial charge in [-0.15, -0.1) is 0 Å².